The highest BCUT2D eigenvalue weighted by atomic mass is 28.4. The van der Waals surface area contributed by atoms with Crippen molar-refractivity contribution in [2.24, 2.45) is 0 Å². The molecular formula is C31H36O4Si2. The summed E-state index contributed by atoms with van der Waals surface area (Å²) in [6.07, 6.45) is 0. The zero-order valence-electron chi connectivity index (χ0n) is 22.0. The van der Waals surface area contributed by atoms with E-state index in [4.69, 9.17) is 17.7 Å². The van der Waals surface area contributed by atoms with E-state index in [0.717, 1.165) is 23.0 Å². The van der Waals surface area contributed by atoms with Gasteiger partial charge in [-0.2, -0.15) is 0 Å². The van der Waals surface area contributed by atoms with Gasteiger partial charge >= 0.3 is 17.1 Å². The van der Waals surface area contributed by atoms with Gasteiger partial charge in [-0.1, -0.05) is 100 Å². The van der Waals surface area contributed by atoms with Gasteiger partial charge in [-0.15, -0.1) is 0 Å². The third kappa shape index (κ3) is 6.84. The molecule has 0 unspecified atom stereocenters. The summed E-state index contributed by atoms with van der Waals surface area (Å²) in [4.78, 5) is 0. The quantitative estimate of drug-likeness (QED) is 0.173. The molecular weight excluding hydrogens is 493 g/mol. The van der Waals surface area contributed by atoms with E-state index in [2.05, 4.69) is 27.7 Å². The van der Waals surface area contributed by atoms with Crippen molar-refractivity contribution in [1.29, 1.82) is 0 Å². The second-order valence-corrected chi connectivity index (χ2v) is 17.6. The van der Waals surface area contributed by atoms with Crippen LogP contribution in [-0.4, -0.2) is 17.1 Å². The number of hydrogen-bond acceptors (Lipinski definition) is 4. The van der Waals surface area contributed by atoms with Gasteiger partial charge in [0.2, 0.25) is 0 Å². The van der Waals surface area contributed by atoms with E-state index in [1.165, 1.54) is 0 Å². The molecule has 0 heterocycles. The smallest absolute Gasteiger partial charge is 0.467 e. The van der Waals surface area contributed by atoms with Crippen molar-refractivity contribution in [3.8, 4) is 23.0 Å². The summed E-state index contributed by atoms with van der Waals surface area (Å²) in [5, 5.41) is 0. The summed E-state index contributed by atoms with van der Waals surface area (Å²) in [6.45, 7) is 8.73. The summed E-state index contributed by atoms with van der Waals surface area (Å²) in [5.41, 5.74) is 0.790. The van der Waals surface area contributed by atoms with Gasteiger partial charge in [0.05, 0.1) is 5.67 Å². The lowest BCUT2D eigenvalue weighted by Gasteiger charge is -2.42. The fourth-order valence-electron chi connectivity index (χ4n) is 4.16. The van der Waals surface area contributed by atoms with E-state index in [1.807, 2.05) is 121 Å². The Morgan fingerprint density at radius 3 is 0.811 bits per heavy atom. The molecule has 0 aliphatic heterocycles. The highest BCUT2D eigenvalue weighted by molar-refractivity contribution is 6.88. The van der Waals surface area contributed by atoms with E-state index in [9.17, 15) is 0 Å². The van der Waals surface area contributed by atoms with Crippen molar-refractivity contribution in [1.82, 2.24) is 0 Å². The number of para-hydroxylation sites is 4. The van der Waals surface area contributed by atoms with Gasteiger partial charge in [-0.05, 0) is 48.5 Å². The second-order valence-electron chi connectivity index (χ2n) is 9.77. The molecule has 0 fully saturated rings. The van der Waals surface area contributed by atoms with Crippen molar-refractivity contribution in [3.05, 3.63) is 121 Å². The lowest BCUT2D eigenvalue weighted by Crippen LogP contribution is -2.64. The van der Waals surface area contributed by atoms with Gasteiger partial charge in [0.15, 0.2) is 0 Å². The first-order valence-corrected chi connectivity index (χ1v) is 17.1. The molecule has 4 rings (SSSR count). The highest BCUT2D eigenvalue weighted by Crippen LogP contribution is 2.40. The second kappa shape index (κ2) is 12.2. The molecule has 4 aromatic carbocycles. The van der Waals surface area contributed by atoms with Crippen LogP contribution in [0, 0.1) is 0 Å². The molecule has 4 nitrogen and oxygen atoms in total. The number of hydrogen-bond donors (Lipinski definition) is 0. The third-order valence-corrected chi connectivity index (χ3v) is 16.2. The predicted octanol–water partition coefficient (Wildman–Crippen LogP) is 8.55. The van der Waals surface area contributed by atoms with Gasteiger partial charge in [0.1, 0.15) is 23.0 Å². The van der Waals surface area contributed by atoms with E-state index in [1.54, 1.807) is 0 Å². The molecule has 0 saturated carbocycles. The van der Waals surface area contributed by atoms with Crippen LogP contribution < -0.4 is 17.7 Å². The molecule has 0 radical (unpaired) electrons. The SMILES string of the molecule is CC(C)[Si](C[Si](Oc1ccccc1)(Oc1ccccc1)C(C)C)(Oc1ccccc1)Oc1ccccc1. The summed E-state index contributed by atoms with van der Waals surface area (Å²) >= 11 is 0. The summed E-state index contributed by atoms with van der Waals surface area (Å²) in [7, 11) is -6.10. The van der Waals surface area contributed by atoms with Crippen molar-refractivity contribution in [3.63, 3.8) is 0 Å². The molecule has 4 aromatic rings. The van der Waals surface area contributed by atoms with Crippen LogP contribution >= 0.6 is 0 Å². The van der Waals surface area contributed by atoms with Crippen molar-refractivity contribution < 1.29 is 17.7 Å². The van der Waals surface area contributed by atoms with Crippen LogP contribution in [0.3, 0.4) is 0 Å². The Bertz CT molecular complexity index is 1020. The van der Waals surface area contributed by atoms with Crippen LogP contribution in [0.4, 0.5) is 0 Å². The summed E-state index contributed by atoms with van der Waals surface area (Å²) in [5.74, 6) is 3.18. The van der Waals surface area contributed by atoms with Gasteiger partial charge in [0.25, 0.3) is 0 Å². The van der Waals surface area contributed by atoms with Crippen molar-refractivity contribution in [2.75, 3.05) is 0 Å². The Balaban J connectivity index is 1.83. The van der Waals surface area contributed by atoms with Crippen molar-refractivity contribution in [2.45, 2.75) is 44.4 Å². The fourth-order valence-corrected chi connectivity index (χ4v) is 14.5. The molecule has 0 bridgehead atoms. The molecule has 37 heavy (non-hydrogen) atoms. The zero-order chi connectivity index (χ0) is 26.1. The van der Waals surface area contributed by atoms with Crippen LogP contribution in [-0.2, 0) is 0 Å². The van der Waals surface area contributed by atoms with Crippen LogP contribution in [0.2, 0.25) is 16.7 Å². The molecule has 192 valence electrons. The summed E-state index contributed by atoms with van der Waals surface area (Å²) in [6, 6.07) is 39.9. The van der Waals surface area contributed by atoms with Gasteiger partial charge in [-0.25, -0.2) is 0 Å². The van der Waals surface area contributed by atoms with Gasteiger partial charge < -0.3 is 17.7 Å². The minimum Gasteiger partial charge on any atom is -0.512 e. The summed E-state index contributed by atoms with van der Waals surface area (Å²) < 4.78 is 27.8. The maximum absolute atomic E-state index is 6.94. The lowest BCUT2D eigenvalue weighted by molar-refractivity contribution is 0.338. The zero-order valence-corrected chi connectivity index (χ0v) is 24.0. The Hall–Kier alpha value is -3.49. The van der Waals surface area contributed by atoms with E-state index in [-0.39, 0.29) is 11.1 Å². The lowest BCUT2D eigenvalue weighted by atomic mass is 10.3. The largest absolute Gasteiger partial charge is 0.512 e. The first-order valence-electron chi connectivity index (χ1n) is 12.9. The van der Waals surface area contributed by atoms with E-state index < -0.39 is 17.1 Å². The first kappa shape index (κ1) is 26.6. The van der Waals surface area contributed by atoms with Gasteiger partial charge in [-0.3, -0.25) is 0 Å². The third-order valence-electron chi connectivity index (χ3n) is 6.39. The first-order chi connectivity index (χ1) is 17.9. The maximum atomic E-state index is 6.94. The molecule has 0 saturated heterocycles. The highest BCUT2D eigenvalue weighted by Gasteiger charge is 2.60. The van der Waals surface area contributed by atoms with Crippen LogP contribution in [0.25, 0.3) is 0 Å². The molecule has 0 aliphatic rings. The monoisotopic (exact) mass is 528 g/mol. The topological polar surface area (TPSA) is 36.9 Å². The van der Waals surface area contributed by atoms with Crippen molar-refractivity contribution >= 4 is 17.1 Å². The van der Waals surface area contributed by atoms with Crippen LogP contribution in [0.1, 0.15) is 27.7 Å². The van der Waals surface area contributed by atoms with E-state index >= 15 is 0 Å². The molecule has 6 heteroatoms. The molecule has 0 spiro atoms. The molecule has 0 N–H and O–H groups in total. The van der Waals surface area contributed by atoms with Crippen LogP contribution in [0.15, 0.2) is 121 Å². The van der Waals surface area contributed by atoms with Gasteiger partial charge in [0, 0.05) is 11.1 Å². The number of rotatable bonds is 12. The Morgan fingerprint density at radius 1 is 0.405 bits per heavy atom. The predicted molar refractivity (Wildman–Crippen MR) is 155 cm³/mol. The maximum Gasteiger partial charge on any atom is 0.467 e. The van der Waals surface area contributed by atoms with Crippen LogP contribution in [0.5, 0.6) is 23.0 Å². The minimum atomic E-state index is -3.05. The average molecular weight is 529 g/mol. The minimum absolute atomic E-state index is 0.109. The Labute approximate surface area is 223 Å². The standard InChI is InChI=1S/C31H36O4Si2/c1-26(2)36(32-28-17-9-5-10-18-28,33-29-19-11-6-12-20-29)25-37(27(3)4,34-30-21-13-7-14-22-30)35-31-23-15-8-16-24-31/h5-24,26-27H,25H2,1-4H3. The molecule has 0 amide bonds. The number of benzene rings is 4. The Kier molecular flexibility index (Phi) is 8.74. The molecule has 0 aliphatic carbocycles. The average Bonchev–Trinajstić information content (AvgIpc) is 2.90. The Morgan fingerprint density at radius 2 is 0.622 bits per heavy atom. The normalized spacial score (nSPS) is 11.8. The van der Waals surface area contributed by atoms with E-state index in [0.29, 0.717) is 5.67 Å². The molecule has 0 aromatic heterocycles. The molecule has 0 atom stereocenters. The fraction of sp³-hybridized carbons (Fsp3) is 0.226.